The Morgan fingerprint density at radius 2 is 0.964 bits per heavy atom. The average molecular weight is 810 g/mol. The first-order chi connectivity index (χ1) is 27.0. The molecule has 326 valence electrons. The minimum atomic E-state index is -4.64. The molecule has 56 heavy (non-hydrogen) atoms. The number of hydrogen-bond donors (Lipinski definition) is 0. The van der Waals surface area contributed by atoms with Gasteiger partial charge in [0, 0.05) is 12.8 Å². The van der Waals surface area contributed by atoms with E-state index in [0.717, 1.165) is 64.2 Å². The number of quaternary nitrogens is 1. The summed E-state index contributed by atoms with van der Waals surface area (Å²) in [6.45, 7) is 4.14. The van der Waals surface area contributed by atoms with Crippen LogP contribution in [0.3, 0.4) is 0 Å². The van der Waals surface area contributed by atoms with Crippen LogP contribution in [0.2, 0.25) is 0 Å². The molecule has 0 N–H and O–H groups in total. The van der Waals surface area contributed by atoms with Gasteiger partial charge in [0.15, 0.2) is 6.10 Å². The molecule has 0 spiro atoms. The lowest BCUT2D eigenvalue weighted by Crippen LogP contribution is -2.37. The molecule has 10 heteroatoms. The fraction of sp³-hybridized carbons (Fsp3) is 0.783. The molecule has 0 aromatic heterocycles. The highest BCUT2D eigenvalue weighted by atomic mass is 31.2. The summed E-state index contributed by atoms with van der Waals surface area (Å²) in [6.07, 6.45) is 44.2. The van der Waals surface area contributed by atoms with Crippen LogP contribution in [0.1, 0.15) is 181 Å². The number of phosphoric ester groups is 1. The highest BCUT2D eigenvalue weighted by Gasteiger charge is 2.21. The predicted octanol–water partition coefficient (Wildman–Crippen LogP) is 12.1. The van der Waals surface area contributed by atoms with Crippen LogP contribution in [-0.2, 0) is 32.7 Å². The Kier molecular flexibility index (Phi) is 37.1. The second-order valence-corrected chi connectivity index (χ2v) is 17.5. The monoisotopic (exact) mass is 810 g/mol. The molecule has 0 aliphatic carbocycles. The maximum Gasteiger partial charge on any atom is 0.306 e. The fourth-order valence-electron chi connectivity index (χ4n) is 5.77. The lowest BCUT2D eigenvalue weighted by atomic mass is 10.1. The SMILES string of the molecule is CCCCC/C=C/C/C=C/C/C=C/CCCCC(=O)O[C@H](COC(=O)CCCCCCCCC/C=C/CCCCCCCC)COP(=O)([O-])OCC[N+](C)(C)C. The summed E-state index contributed by atoms with van der Waals surface area (Å²) in [6, 6.07) is 0. The predicted molar refractivity (Wildman–Crippen MR) is 231 cm³/mol. The van der Waals surface area contributed by atoms with Crippen molar-refractivity contribution in [2.75, 3.05) is 47.5 Å². The average Bonchev–Trinajstić information content (AvgIpc) is 3.15. The normalized spacial score (nSPS) is 14.0. The van der Waals surface area contributed by atoms with Crippen molar-refractivity contribution in [3.8, 4) is 0 Å². The number of carbonyl (C=O) groups excluding carboxylic acids is 2. The van der Waals surface area contributed by atoms with E-state index in [1.807, 2.05) is 21.1 Å². The fourth-order valence-corrected chi connectivity index (χ4v) is 6.50. The number of hydrogen-bond acceptors (Lipinski definition) is 8. The third-order valence-corrected chi connectivity index (χ3v) is 10.3. The van der Waals surface area contributed by atoms with Crippen LogP contribution in [0, 0.1) is 0 Å². The van der Waals surface area contributed by atoms with Gasteiger partial charge >= 0.3 is 11.9 Å². The first kappa shape index (κ1) is 54.0. The zero-order valence-electron chi connectivity index (χ0n) is 36.6. The van der Waals surface area contributed by atoms with Gasteiger partial charge < -0.3 is 27.9 Å². The van der Waals surface area contributed by atoms with Crippen LogP contribution in [-0.4, -0.2) is 70.0 Å². The minimum Gasteiger partial charge on any atom is -0.756 e. The van der Waals surface area contributed by atoms with E-state index in [4.69, 9.17) is 18.5 Å². The van der Waals surface area contributed by atoms with Crippen LogP contribution < -0.4 is 4.89 Å². The van der Waals surface area contributed by atoms with Gasteiger partial charge in [0.25, 0.3) is 7.82 Å². The Bertz CT molecular complexity index is 1100. The zero-order valence-corrected chi connectivity index (χ0v) is 37.5. The molecule has 0 fully saturated rings. The van der Waals surface area contributed by atoms with Crippen LogP contribution in [0.25, 0.3) is 0 Å². The van der Waals surface area contributed by atoms with E-state index < -0.39 is 32.5 Å². The summed E-state index contributed by atoms with van der Waals surface area (Å²) in [5, 5.41) is 0. The van der Waals surface area contributed by atoms with Gasteiger partial charge in [0.05, 0.1) is 27.7 Å². The first-order valence-corrected chi connectivity index (χ1v) is 23.8. The number of allylic oxidation sites excluding steroid dienone is 8. The van der Waals surface area contributed by atoms with Crippen molar-refractivity contribution in [3.05, 3.63) is 48.6 Å². The van der Waals surface area contributed by atoms with Crippen molar-refractivity contribution in [3.63, 3.8) is 0 Å². The summed E-state index contributed by atoms with van der Waals surface area (Å²) in [5.74, 6) is -0.885. The third-order valence-electron chi connectivity index (χ3n) is 9.32. The Morgan fingerprint density at radius 3 is 1.52 bits per heavy atom. The Labute approximate surface area is 343 Å². The van der Waals surface area contributed by atoms with E-state index >= 15 is 0 Å². The molecule has 0 bridgehead atoms. The van der Waals surface area contributed by atoms with Gasteiger partial charge in [-0.15, -0.1) is 0 Å². The highest BCUT2D eigenvalue weighted by Crippen LogP contribution is 2.38. The van der Waals surface area contributed by atoms with E-state index in [2.05, 4.69) is 62.5 Å². The number of esters is 2. The van der Waals surface area contributed by atoms with Crippen molar-refractivity contribution in [1.82, 2.24) is 0 Å². The number of nitrogens with zero attached hydrogens (tertiary/aromatic N) is 1. The number of phosphoric acid groups is 1. The lowest BCUT2D eigenvalue weighted by molar-refractivity contribution is -0.870. The van der Waals surface area contributed by atoms with Gasteiger partial charge in [-0.3, -0.25) is 14.2 Å². The molecule has 1 unspecified atom stereocenters. The summed E-state index contributed by atoms with van der Waals surface area (Å²) in [7, 11) is 1.13. The quantitative estimate of drug-likeness (QED) is 0.0198. The number of rotatable bonds is 40. The lowest BCUT2D eigenvalue weighted by Gasteiger charge is -2.28. The molecular formula is C46H84NO8P. The number of unbranched alkanes of at least 4 members (excludes halogenated alkanes) is 18. The molecule has 9 nitrogen and oxygen atoms in total. The van der Waals surface area contributed by atoms with Crippen molar-refractivity contribution in [2.24, 2.45) is 0 Å². The van der Waals surface area contributed by atoms with E-state index in [1.54, 1.807) is 0 Å². The van der Waals surface area contributed by atoms with Crippen LogP contribution in [0.15, 0.2) is 48.6 Å². The van der Waals surface area contributed by atoms with E-state index in [0.29, 0.717) is 17.4 Å². The maximum atomic E-state index is 12.7. The molecule has 0 amide bonds. The molecule has 0 rings (SSSR count). The second-order valence-electron chi connectivity index (χ2n) is 16.1. The van der Waals surface area contributed by atoms with Crippen molar-refractivity contribution in [2.45, 2.75) is 187 Å². The van der Waals surface area contributed by atoms with Crippen molar-refractivity contribution in [1.29, 1.82) is 0 Å². The molecule has 0 saturated carbocycles. The standard InChI is InChI=1S/C46H84NO8P/c1-6-8-10-12-14-16-18-20-22-23-25-26-28-30-32-34-36-38-45(48)52-42-44(43-54-56(50,51)53-41-40-47(3,4)5)55-46(49)39-37-35-33-31-29-27-24-21-19-17-15-13-11-9-7-2/h15,17,20-22,24,29,31,44H,6-14,16,18-19,23,25-28,30,32-43H2,1-5H3/b17-15+,22-20+,24-21+,31-29+/t44-/m1/s1. The molecule has 0 aliphatic heterocycles. The third kappa shape index (κ3) is 41.6. The van der Waals surface area contributed by atoms with Gasteiger partial charge in [0.1, 0.15) is 19.8 Å². The van der Waals surface area contributed by atoms with E-state index in [-0.39, 0.29) is 26.1 Å². The molecule has 0 aromatic carbocycles. The molecule has 0 heterocycles. The van der Waals surface area contributed by atoms with Crippen LogP contribution >= 0.6 is 7.82 Å². The van der Waals surface area contributed by atoms with Crippen molar-refractivity contribution < 1.29 is 42.1 Å². The molecule has 0 radical (unpaired) electrons. The van der Waals surface area contributed by atoms with Crippen LogP contribution in [0.5, 0.6) is 0 Å². The van der Waals surface area contributed by atoms with Gasteiger partial charge in [-0.2, -0.15) is 0 Å². The summed E-state index contributed by atoms with van der Waals surface area (Å²) in [5.41, 5.74) is 0. The maximum absolute atomic E-state index is 12.7. The molecule has 0 aliphatic rings. The van der Waals surface area contributed by atoms with Gasteiger partial charge in [-0.25, -0.2) is 0 Å². The van der Waals surface area contributed by atoms with E-state index in [9.17, 15) is 19.0 Å². The molecule has 0 saturated heterocycles. The zero-order chi connectivity index (χ0) is 41.4. The highest BCUT2D eigenvalue weighted by molar-refractivity contribution is 7.45. The number of carbonyl (C=O) groups is 2. The first-order valence-electron chi connectivity index (χ1n) is 22.3. The molecule has 0 aromatic rings. The van der Waals surface area contributed by atoms with Gasteiger partial charge in [-0.05, 0) is 77.0 Å². The summed E-state index contributed by atoms with van der Waals surface area (Å²) < 4.78 is 33.8. The number of likely N-dealkylation sites (N-methyl/N-ethyl adjacent to an activating group) is 1. The second kappa shape index (κ2) is 38.5. The Hall–Kier alpha value is -2.03. The minimum absolute atomic E-state index is 0.0400. The van der Waals surface area contributed by atoms with Gasteiger partial charge in [0.2, 0.25) is 0 Å². The summed E-state index contributed by atoms with van der Waals surface area (Å²) in [4.78, 5) is 37.5. The topological polar surface area (TPSA) is 111 Å². The smallest absolute Gasteiger partial charge is 0.306 e. The largest absolute Gasteiger partial charge is 0.756 e. The van der Waals surface area contributed by atoms with Crippen LogP contribution in [0.4, 0.5) is 0 Å². The van der Waals surface area contributed by atoms with Gasteiger partial charge in [-0.1, -0.05) is 140 Å². The van der Waals surface area contributed by atoms with E-state index in [1.165, 1.54) is 83.5 Å². The number of ether oxygens (including phenoxy) is 2. The summed E-state index contributed by atoms with van der Waals surface area (Å²) >= 11 is 0. The molecule has 2 atom stereocenters. The Balaban J connectivity index is 4.41. The Morgan fingerprint density at radius 1 is 0.554 bits per heavy atom. The van der Waals surface area contributed by atoms with Crippen molar-refractivity contribution >= 4 is 19.8 Å². The molecular weight excluding hydrogens is 725 g/mol.